The Bertz CT molecular complexity index is 1450. The van der Waals surface area contributed by atoms with Crippen molar-refractivity contribution in [3.05, 3.63) is 65.5 Å². The lowest BCUT2D eigenvalue weighted by molar-refractivity contribution is -0.159. The van der Waals surface area contributed by atoms with E-state index >= 15 is 0 Å². The Morgan fingerprint density at radius 3 is 2.29 bits per heavy atom. The molecule has 2 aliphatic heterocycles. The van der Waals surface area contributed by atoms with E-state index in [9.17, 15) is 45.5 Å². The van der Waals surface area contributed by atoms with Crippen molar-refractivity contribution >= 4 is 23.8 Å². The zero-order valence-electron chi connectivity index (χ0n) is 24.3. The quantitative estimate of drug-likeness (QED) is 0.313. The van der Waals surface area contributed by atoms with Gasteiger partial charge in [-0.15, -0.1) is 0 Å². The number of hydrogen-bond donors (Lipinski definition) is 1. The van der Waals surface area contributed by atoms with E-state index in [0.29, 0.717) is 0 Å². The molecule has 45 heavy (non-hydrogen) atoms. The first kappa shape index (κ1) is 33.7. The second-order valence-electron chi connectivity index (χ2n) is 11.5. The van der Waals surface area contributed by atoms with Gasteiger partial charge in [-0.2, -0.15) is 26.3 Å². The lowest BCUT2D eigenvalue weighted by Gasteiger charge is -2.46. The van der Waals surface area contributed by atoms with Crippen molar-refractivity contribution < 1.29 is 50.3 Å². The predicted molar refractivity (Wildman–Crippen MR) is 145 cm³/mol. The van der Waals surface area contributed by atoms with Gasteiger partial charge >= 0.3 is 18.4 Å². The number of hydrogen-bond acceptors (Lipinski definition) is 6. The van der Waals surface area contributed by atoms with Crippen molar-refractivity contribution in [2.75, 3.05) is 32.8 Å². The van der Waals surface area contributed by atoms with Crippen molar-refractivity contribution in [1.82, 2.24) is 19.7 Å². The number of carbonyl (C=O) groups is 4. The highest BCUT2D eigenvalue weighted by atomic mass is 19.4. The maximum atomic E-state index is 14.0. The number of nitrogens with zero attached hydrogens (tertiary/aromatic N) is 4. The second-order valence-corrected chi connectivity index (χ2v) is 11.5. The van der Waals surface area contributed by atoms with E-state index in [1.54, 1.807) is 12.1 Å². The Morgan fingerprint density at radius 1 is 1.02 bits per heavy atom. The third-order valence-corrected chi connectivity index (χ3v) is 8.19. The minimum absolute atomic E-state index is 0.100. The molecule has 10 nitrogen and oxygen atoms in total. The molecule has 0 aliphatic carbocycles. The summed E-state index contributed by atoms with van der Waals surface area (Å²) in [5.74, 6) is -4.24. The zero-order valence-corrected chi connectivity index (χ0v) is 24.3. The molecule has 0 radical (unpaired) electrons. The summed E-state index contributed by atoms with van der Waals surface area (Å²) in [5.41, 5.74) is 1.15. The molecule has 0 saturated carbocycles. The lowest BCUT2D eigenvalue weighted by atomic mass is 9.77. The number of pyridine rings is 1. The van der Waals surface area contributed by atoms with Gasteiger partial charge in [0, 0.05) is 31.4 Å². The largest absolute Gasteiger partial charge is 0.416 e. The highest BCUT2D eigenvalue weighted by Crippen LogP contribution is 2.38. The van der Waals surface area contributed by atoms with Gasteiger partial charge in [0.2, 0.25) is 11.8 Å². The van der Waals surface area contributed by atoms with Crippen molar-refractivity contribution in [2.24, 2.45) is 17.1 Å². The van der Waals surface area contributed by atoms with Gasteiger partial charge in [-0.1, -0.05) is 38.1 Å². The van der Waals surface area contributed by atoms with E-state index in [1.807, 2.05) is 0 Å². The van der Waals surface area contributed by atoms with E-state index in [2.05, 4.69) is 4.98 Å². The molecule has 4 rings (SSSR count). The Balaban J connectivity index is 1.64. The fourth-order valence-electron chi connectivity index (χ4n) is 5.59. The molecular weight excluding hydrogens is 612 g/mol. The first-order valence-corrected chi connectivity index (χ1v) is 13.8. The molecule has 2 atom stereocenters. The van der Waals surface area contributed by atoms with Crippen LogP contribution in [0.3, 0.4) is 0 Å². The minimum Gasteiger partial charge on any atom is -0.376 e. The number of rotatable bonds is 10. The van der Waals surface area contributed by atoms with Crippen LogP contribution in [0.2, 0.25) is 0 Å². The summed E-state index contributed by atoms with van der Waals surface area (Å²) < 4.78 is 86.1. The van der Waals surface area contributed by atoms with Crippen LogP contribution in [0.25, 0.3) is 0 Å². The highest BCUT2D eigenvalue weighted by molar-refractivity contribution is 6.08. The Morgan fingerprint density at radius 2 is 1.69 bits per heavy atom. The number of piperazine rings is 1. The average Bonchev–Trinajstić information content (AvgIpc) is 3.15. The third-order valence-electron chi connectivity index (χ3n) is 8.19. The van der Waals surface area contributed by atoms with Gasteiger partial charge in [0.1, 0.15) is 12.1 Å². The number of halogens is 6. The van der Waals surface area contributed by atoms with Crippen LogP contribution in [-0.4, -0.2) is 87.9 Å². The smallest absolute Gasteiger partial charge is 0.376 e. The normalized spacial score (nSPS) is 20.0. The van der Waals surface area contributed by atoms with Crippen molar-refractivity contribution in [2.45, 2.75) is 44.8 Å². The summed E-state index contributed by atoms with van der Waals surface area (Å²) in [6.45, 7) is -1.33. The average molecular weight is 644 g/mol. The van der Waals surface area contributed by atoms with Crippen LogP contribution in [0.15, 0.2) is 48.7 Å². The minimum atomic E-state index is -4.89. The van der Waals surface area contributed by atoms with E-state index in [0.717, 1.165) is 15.9 Å². The van der Waals surface area contributed by atoms with Gasteiger partial charge in [0.15, 0.2) is 0 Å². The highest BCUT2D eigenvalue weighted by Gasteiger charge is 2.62. The summed E-state index contributed by atoms with van der Waals surface area (Å²) in [6, 6.07) is 8.18. The van der Waals surface area contributed by atoms with Crippen LogP contribution >= 0.6 is 0 Å². The van der Waals surface area contributed by atoms with Crippen molar-refractivity contribution in [1.29, 1.82) is 0 Å². The van der Waals surface area contributed by atoms with Crippen LogP contribution < -0.4 is 5.73 Å². The van der Waals surface area contributed by atoms with Crippen LogP contribution in [0, 0.1) is 11.3 Å². The van der Waals surface area contributed by atoms with Crippen LogP contribution in [0.1, 0.15) is 30.7 Å². The second kappa shape index (κ2) is 12.3. The maximum absolute atomic E-state index is 14.0. The molecule has 16 heteroatoms. The molecule has 2 aromatic rings. The van der Waals surface area contributed by atoms with Crippen LogP contribution in [-0.2, 0) is 38.3 Å². The van der Waals surface area contributed by atoms with Gasteiger partial charge in [-0.25, -0.2) is 4.79 Å². The fraction of sp³-hybridized carbons (Fsp3) is 0.483. The topological polar surface area (TPSA) is 126 Å². The molecule has 5 amide bonds. The molecular formula is C29H31F6N5O5. The van der Waals surface area contributed by atoms with Crippen LogP contribution in [0.5, 0.6) is 0 Å². The first-order valence-electron chi connectivity index (χ1n) is 13.8. The van der Waals surface area contributed by atoms with Gasteiger partial charge in [-0.05, 0) is 23.8 Å². The van der Waals surface area contributed by atoms with Crippen molar-refractivity contribution in [3.63, 3.8) is 0 Å². The Hall–Kier alpha value is -4.21. The third kappa shape index (κ3) is 6.89. The summed E-state index contributed by atoms with van der Waals surface area (Å²) in [6.07, 6.45) is -8.48. The number of imide groups is 1. The molecule has 0 unspecified atom stereocenters. The molecule has 2 aliphatic rings. The van der Waals surface area contributed by atoms with Gasteiger partial charge < -0.3 is 20.3 Å². The standard InChI is InChI=1S/C29H31F6N5O5/c1-26(2,23(36)42)21(15-45-14-18-7-3-4-9-20(18)29(33,34)35)22(41)38-11-12-40-25(44)39(17-28(30,31)32)24(43)27(40,16-38)13-19-8-5-6-10-37-19/h3-10,21H,11-17H2,1-2H3,(H2,36,42)/t21-,27+/m1/s1. The number of nitrogens with two attached hydrogens (primary N) is 1. The maximum Gasteiger partial charge on any atom is 0.416 e. The summed E-state index contributed by atoms with van der Waals surface area (Å²) >= 11 is 0. The molecule has 2 fully saturated rings. The predicted octanol–water partition coefficient (Wildman–Crippen LogP) is 3.39. The molecule has 0 spiro atoms. The number of ether oxygens (including phenoxy) is 1. The zero-order chi connectivity index (χ0) is 33.4. The number of aromatic nitrogens is 1. The number of amides is 5. The van der Waals surface area contributed by atoms with E-state index in [1.165, 1.54) is 44.3 Å². The summed E-state index contributed by atoms with van der Waals surface area (Å²) in [5, 5.41) is 0. The number of fused-ring (bicyclic) bond motifs is 1. The SMILES string of the molecule is CC(C)(C(N)=O)[C@H](COCc1ccccc1C(F)(F)F)C(=O)N1CCN2C(=O)N(CC(F)(F)F)C(=O)[C@]2(Cc2ccccn2)C1. The van der Waals surface area contributed by atoms with E-state index in [4.69, 9.17) is 10.5 Å². The molecule has 2 N–H and O–H groups in total. The first-order chi connectivity index (χ1) is 20.9. The number of benzene rings is 1. The molecule has 244 valence electrons. The number of urea groups is 1. The Labute approximate surface area is 254 Å². The Kier molecular flexibility index (Phi) is 9.20. The van der Waals surface area contributed by atoms with Crippen molar-refractivity contribution in [3.8, 4) is 0 Å². The number of primary amides is 1. The summed E-state index contributed by atoms with van der Waals surface area (Å²) in [7, 11) is 0. The summed E-state index contributed by atoms with van der Waals surface area (Å²) in [4.78, 5) is 59.6. The van der Waals surface area contributed by atoms with Crippen LogP contribution in [0.4, 0.5) is 31.1 Å². The van der Waals surface area contributed by atoms with Gasteiger partial charge in [0.25, 0.3) is 5.91 Å². The molecule has 1 aromatic heterocycles. The molecule has 2 saturated heterocycles. The molecule has 3 heterocycles. The monoisotopic (exact) mass is 643 g/mol. The molecule has 1 aromatic carbocycles. The lowest BCUT2D eigenvalue weighted by Crippen LogP contribution is -2.66. The van der Waals surface area contributed by atoms with E-state index in [-0.39, 0.29) is 35.7 Å². The fourth-order valence-corrected chi connectivity index (χ4v) is 5.59. The number of alkyl halides is 6. The number of carbonyl (C=O) groups excluding carboxylic acids is 4. The van der Waals surface area contributed by atoms with E-state index < -0.39 is 84.8 Å². The molecule has 0 bridgehead atoms. The van der Waals surface area contributed by atoms with Gasteiger partial charge in [-0.3, -0.25) is 24.3 Å². The van der Waals surface area contributed by atoms with Gasteiger partial charge in [0.05, 0.1) is 36.7 Å².